The van der Waals surface area contributed by atoms with Crippen LogP contribution in [0, 0.1) is 6.92 Å². The number of likely N-dealkylation sites (tertiary alicyclic amines) is 1. The second-order valence-electron chi connectivity index (χ2n) is 7.87. The van der Waals surface area contributed by atoms with E-state index in [1.165, 1.54) is 5.56 Å². The molecule has 2 aromatic heterocycles. The summed E-state index contributed by atoms with van der Waals surface area (Å²) in [6.07, 6.45) is 9.71. The number of hydrogen-bond acceptors (Lipinski definition) is 4. The lowest BCUT2D eigenvalue weighted by molar-refractivity contribution is 0.0633. The fourth-order valence-corrected chi connectivity index (χ4v) is 4.77. The summed E-state index contributed by atoms with van der Waals surface area (Å²) in [5, 5.41) is 4.31. The minimum absolute atomic E-state index is 0.0302. The molecule has 1 aliphatic heterocycles. The van der Waals surface area contributed by atoms with E-state index < -0.39 is 0 Å². The predicted molar refractivity (Wildman–Crippen MR) is 105 cm³/mol. The molecule has 6 heteroatoms. The molecule has 1 amide bonds. The molecule has 1 saturated heterocycles. The highest BCUT2D eigenvalue weighted by Gasteiger charge is 2.44. The minimum atomic E-state index is -0.0302. The first-order valence-electron chi connectivity index (χ1n) is 9.88. The summed E-state index contributed by atoms with van der Waals surface area (Å²) in [5.74, 6) is 0.886. The molecule has 5 rings (SSSR count). The molecule has 0 saturated carbocycles. The Kier molecular flexibility index (Phi) is 4.00. The average Bonchev–Trinajstić information content (AvgIpc) is 3.37. The van der Waals surface area contributed by atoms with Crippen molar-refractivity contribution < 1.29 is 4.79 Å². The van der Waals surface area contributed by atoms with Gasteiger partial charge < -0.3 is 4.90 Å². The van der Waals surface area contributed by atoms with Crippen LogP contribution in [0.2, 0.25) is 0 Å². The molecule has 2 aliphatic rings. The number of carbonyl (C=O) groups excluding carboxylic acids is 1. The first-order valence-corrected chi connectivity index (χ1v) is 9.88. The number of aryl methyl sites for hydroxylation is 2. The van der Waals surface area contributed by atoms with Crippen LogP contribution >= 0.6 is 0 Å². The number of carbonyl (C=O) groups is 1. The van der Waals surface area contributed by atoms with E-state index in [1.54, 1.807) is 10.9 Å². The smallest absolute Gasteiger partial charge is 0.256 e. The fraction of sp³-hybridized carbons (Fsp3) is 0.364. The topological polar surface area (TPSA) is 63.9 Å². The van der Waals surface area contributed by atoms with Gasteiger partial charge in [0.15, 0.2) is 0 Å². The van der Waals surface area contributed by atoms with Crippen molar-refractivity contribution in [2.24, 2.45) is 0 Å². The third-order valence-electron chi connectivity index (χ3n) is 6.11. The molecule has 1 fully saturated rings. The van der Waals surface area contributed by atoms with E-state index in [1.807, 2.05) is 54.5 Å². The van der Waals surface area contributed by atoms with E-state index >= 15 is 0 Å². The first kappa shape index (κ1) is 17.1. The molecule has 3 aromatic rings. The average molecular weight is 373 g/mol. The summed E-state index contributed by atoms with van der Waals surface area (Å²) in [7, 11) is 0. The molecule has 1 spiro atoms. The largest absolute Gasteiger partial charge is 0.338 e. The Balaban J connectivity index is 1.48. The van der Waals surface area contributed by atoms with Crippen LogP contribution in [0.25, 0.3) is 5.69 Å². The number of benzene rings is 1. The number of nitrogens with zero attached hydrogens (tertiary/aromatic N) is 5. The second-order valence-corrected chi connectivity index (χ2v) is 7.87. The molecule has 0 N–H and O–H groups in total. The van der Waals surface area contributed by atoms with E-state index in [0.29, 0.717) is 5.56 Å². The van der Waals surface area contributed by atoms with Crippen LogP contribution in [0.4, 0.5) is 0 Å². The van der Waals surface area contributed by atoms with Gasteiger partial charge in [-0.25, -0.2) is 14.6 Å². The van der Waals surface area contributed by atoms with Gasteiger partial charge in [0.25, 0.3) is 5.91 Å². The third kappa shape index (κ3) is 2.71. The molecule has 142 valence electrons. The lowest BCUT2D eigenvalue weighted by Gasteiger charge is -2.40. The van der Waals surface area contributed by atoms with Crippen LogP contribution in [-0.2, 0) is 11.8 Å². The minimum Gasteiger partial charge on any atom is -0.338 e. The zero-order valence-electron chi connectivity index (χ0n) is 16.0. The van der Waals surface area contributed by atoms with E-state index in [4.69, 9.17) is 4.98 Å². The van der Waals surface area contributed by atoms with Gasteiger partial charge in [-0.05, 0) is 56.4 Å². The lowest BCUT2D eigenvalue weighted by Crippen LogP contribution is -2.48. The standard InChI is InChI=1S/C22H23N5O/c1-16-23-14-17-8-10-22(20(17)25-16)9-4-12-26(15-22)21(28)18-6-2-3-7-19(18)27-13-5-11-24-27/h2-3,5-7,11,13-14H,4,8-10,12,15H2,1H3. The van der Waals surface area contributed by atoms with Crippen molar-refractivity contribution >= 4 is 5.91 Å². The number of para-hydroxylation sites is 1. The first-order chi connectivity index (χ1) is 13.7. The van der Waals surface area contributed by atoms with Gasteiger partial charge in [0.1, 0.15) is 5.82 Å². The Labute approximate surface area is 164 Å². The number of hydrogen-bond donors (Lipinski definition) is 0. The van der Waals surface area contributed by atoms with Crippen molar-refractivity contribution in [3.63, 3.8) is 0 Å². The molecule has 1 atom stereocenters. The van der Waals surface area contributed by atoms with Crippen LogP contribution in [-0.4, -0.2) is 43.6 Å². The number of aromatic nitrogens is 4. The Morgan fingerprint density at radius 2 is 2.07 bits per heavy atom. The van der Waals surface area contributed by atoms with Crippen LogP contribution in [0.15, 0.2) is 48.9 Å². The number of piperidine rings is 1. The Hall–Kier alpha value is -3.02. The molecule has 1 aliphatic carbocycles. The fourth-order valence-electron chi connectivity index (χ4n) is 4.77. The second kappa shape index (κ2) is 6.55. The maximum Gasteiger partial charge on any atom is 0.256 e. The highest BCUT2D eigenvalue weighted by Crippen LogP contribution is 2.44. The molecule has 1 unspecified atom stereocenters. The summed E-state index contributed by atoms with van der Waals surface area (Å²) in [4.78, 5) is 24.7. The predicted octanol–water partition coefficient (Wildman–Crippen LogP) is 3.09. The quantitative estimate of drug-likeness (QED) is 0.692. The molecule has 28 heavy (non-hydrogen) atoms. The summed E-state index contributed by atoms with van der Waals surface area (Å²) in [6.45, 7) is 3.45. The van der Waals surface area contributed by atoms with Gasteiger partial charge >= 0.3 is 0 Å². The maximum atomic E-state index is 13.5. The molecular formula is C22H23N5O. The molecule has 3 heterocycles. The Morgan fingerprint density at radius 1 is 1.18 bits per heavy atom. The molecular weight excluding hydrogens is 350 g/mol. The summed E-state index contributed by atoms with van der Waals surface area (Å²) < 4.78 is 1.76. The van der Waals surface area contributed by atoms with Crippen molar-refractivity contribution in [1.82, 2.24) is 24.6 Å². The maximum absolute atomic E-state index is 13.5. The number of rotatable bonds is 2. The van der Waals surface area contributed by atoms with Gasteiger partial charge in [0, 0.05) is 37.1 Å². The van der Waals surface area contributed by atoms with Gasteiger partial charge in [-0.1, -0.05) is 12.1 Å². The Bertz CT molecular complexity index is 1030. The van der Waals surface area contributed by atoms with Crippen molar-refractivity contribution in [1.29, 1.82) is 0 Å². The third-order valence-corrected chi connectivity index (χ3v) is 6.11. The van der Waals surface area contributed by atoms with Crippen LogP contribution in [0.1, 0.15) is 46.7 Å². The number of amides is 1. The van der Waals surface area contributed by atoms with Gasteiger partial charge in [-0.15, -0.1) is 0 Å². The number of fused-ring (bicyclic) bond motifs is 2. The van der Waals surface area contributed by atoms with Gasteiger partial charge in [0.2, 0.25) is 0 Å². The zero-order valence-corrected chi connectivity index (χ0v) is 16.0. The van der Waals surface area contributed by atoms with Gasteiger partial charge in [-0.3, -0.25) is 4.79 Å². The Morgan fingerprint density at radius 3 is 2.93 bits per heavy atom. The van der Waals surface area contributed by atoms with E-state index in [2.05, 4.69) is 10.1 Å². The monoisotopic (exact) mass is 373 g/mol. The normalized spacial score (nSPS) is 21.1. The lowest BCUT2D eigenvalue weighted by atomic mass is 9.77. The van der Waals surface area contributed by atoms with Crippen molar-refractivity contribution in [3.8, 4) is 5.69 Å². The van der Waals surface area contributed by atoms with Crippen LogP contribution < -0.4 is 0 Å². The van der Waals surface area contributed by atoms with Crippen LogP contribution in [0.5, 0.6) is 0 Å². The molecule has 6 nitrogen and oxygen atoms in total. The van der Waals surface area contributed by atoms with Crippen molar-refractivity contribution in [2.75, 3.05) is 13.1 Å². The SMILES string of the molecule is Cc1ncc2c(n1)C1(CCCN(C(=O)c3ccccc3-n3cccn3)C1)CC2. The van der Waals surface area contributed by atoms with E-state index in [-0.39, 0.29) is 11.3 Å². The summed E-state index contributed by atoms with van der Waals surface area (Å²) in [5.41, 5.74) is 3.90. The van der Waals surface area contributed by atoms with Gasteiger partial charge in [0.05, 0.1) is 16.9 Å². The molecule has 0 radical (unpaired) electrons. The highest BCUT2D eigenvalue weighted by molar-refractivity contribution is 5.98. The van der Waals surface area contributed by atoms with E-state index in [9.17, 15) is 4.79 Å². The van der Waals surface area contributed by atoms with E-state index in [0.717, 1.165) is 56.0 Å². The summed E-state index contributed by atoms with van der Waals surface area (Å²) in [6, 6.07) is 9.57. The molecule has 0 bridgehead atoms. The highest BCUT2D eigenvalue weighted by atomic mass is 16.2. The van der Waals surface area contributed by atoms with Crippen LogP contribution in [0.3, 0.4) is 0 Å². The van der Waals surface area contributed by atoms with Crippen molar-refractivity contribution in [3.05, 3.63) is 71.6 Å². The molecule has 1 aromatic carbocycles. The van der Waals surface area contributed by atoms with Crippen molar-refractivity contribution in [2.45, 2.75) is 38.0 Å². The zero-order chi connectivity index (χ0) is 19.1. The summed E-state index contributed by atoms with van der Waals surface area (Å²) >= 11 is 0. The van der Waals surface area contributed by atoms with Gasteiger partial charge in [-0.2, -0.15) is 5.10 Å².